The van der Waals surface area contributed by atoms with E-state index in [0.717, 1.165) is 17.7 Å². The molecule has 0 aromatic heterocycles. The van der Waals surface area contributed by atoms with Crippen LogP contribution in [0.25, 0.3) is 0 Å². The fourth-order valence-corrected chi connectivity index (χ4v) is 1.65. The van der Waals surface area contributed by atoms with Gasteiger partial charge in [-0.1, -0.05) is 26.0 Å². The van der Waals surface area contributed by atoms with Gasteiger partial charge in [0, 0.05) is 11.6 Å². The summed E-state index contributed by atoms with van der Waals surface area (Å²) >= 11 is 0. The summed E-state index contributed by atoms with van der Waals surface area (Å²) in [5, 5.41) is 0. The zero-order chi connectivity index (χ0) is 11.4. The van der Waals surface area contributed by atoms with Gasteiger partial charge in [-0.05, 0) is 30.9 Å². The molecule has 0 aliphatic heterocycles. The lowest BCUT2D eigenvalue weighted by atomic mass is 9.95. The largest absolute Gasteiger partial charge is 0.496 e. The summed E-state index contributed by atoms with van der Waals surface area (Å²) < 4.78 is 5.30. The average Bonchev–Trinajstić information content (AvgIpc) is 2.27. The molecule has 1 aromatic rings. The van der Waals surface area contributed by atoms with Gasteiger partial charge in [0.25, 0.3) is 0 Å². The lowest BCUT2D eigenvalue weighted by Gasteiger charge is -2.16. The molecule has 2 atom stereocenters. The first-order valence-electron chi connectivity index (χ1n) is 5.53. The summed E-state index contributed by atoms with van der Waals surface area (Å²) in [4.78, 5) is 0. The molecule has 0 heterocycles. The van der Waals surface area contributed by atoms with Crippen molar-refractivity contribution in [1.82, 2.24) is 0 Å². The zero-order valence-electron chi connectivity index (χ0n) is 10.1. The van der Waals surface area contributed by atoms with Crippen molar-refractivity contribution in [3.05, 3.63) is 29.3 Å². The fraction of sp³-hybridized carbons (Fsp3) is 0.538. The van der Waals surface area contributed by atoms with Crippen molar-refractivity contribution in [2.75, 3.05) is 7.11 Å². The highest BCUT2D eigenvalue weighted by Crippen LogP contribution is 2.28. The minimum atomic E-state index is 0.0176. The number of hydrogen-bond donors (Lipinski definition) is 1. The molecule has 1 aromatic carbocycles. The van der Waals surface area contributed by atoms with Crippen molar-refractivity contribution in [3.8, 4) is 5.75 Å². The van der Waals surface area contributed by atoms with Crippen molar-refractivity contribution in [1.29, 1.82) is 0 Å². The summed E-state index contributed by atoms with van der Waals surface area (Å²) in [6.45, 7) is 6.41. The number of benzene rings is 1. The van der Waals surface area contributed by atoms with E-state index in [-0.39, 0.29) is 6.04 Å². The van der Waals surface area contributed by atoms with Gasteiger partial charge >= 0.3 is 0 Å². The standard InChI is InChI=1S/C13H21NO/c1-5-9(2)11-6-7-13(15-4)12(8-11)10(3)14/h6-10H,5,14H2,1-4H3. The molecule has 84 valence electrons. The van der Waals surface area contributed by atoms with E-state index in [1.54, 1.807) is 7.11 Å². The predicted octanol–water partition coefficient (Wildman–Crippen LogP) is 3.23. The molecule has 2 heteroatoms. The molecule has 0 radical (unpaired) electrons. The van der Waals surface area contributed by atoms with Gasteiger partial charge in [0.05, 0.1) is 7.11 Å². The molecule has 0 aliphatic carbocycles. The molecule has 0 spiro atoms. The number of ether oxygens (including phenoxy) is 1. The van der Waals surface area contributed by atoms with E-state index in [1.165, 1.54) is 5.56 Å². The van der Waals surface area contributed by atoms with Gasteiger partial charge in [0.15, 0.2) is 0 Å². The Morgan fingerprint density at radius 1 is 1.33 bits per heavy atom. The molecule has 1 rings (SSSR count). The van der Waals surface area contributed by atoms with Crippen molar-refractivity contribution in [2.45, 2.75) is 39.2 Å². The minimum absolute atomic E-state index is 0.0176. The fourth-order valence-electron chi connectivity index (χ4n) is 1.65. The first-order valence-corrected chi connectivity index (χ1v) is 5.53. The quantitative estimate of drug-likeness (QED) is 0.822. The molecular formula is C13H21NO. The Balaban J connectivity index is 3.10. The van der Waals surface area contributed by atoms with Crippen LogP contribution in [0.1, 0.15) is 50.3 Å². The van der Waals surface area contributed by atoms with E-state index in [9.17, 15) is 0 Å². The molecule has 0 saturated carbocycles. The topological polar surface area (TPSA) is 35.2 Å². The second-order valence-corrected chi connectivity index (χ2v) is 4.10. The predicted molar refractivity (Wildman–Crippen MR) is 64.3 cm³/mol. The molecule has 0 bridgehead atoms. The van der Waals surface area contributed by atoms with Crippen molar-refractivity contribution in [2.24, 2.45) is 5.73 Å². The van der Waals surface area contributed by atoms with E-state index >= 15 is 0 Å². The lowest BCUT2D eigenvalue weighted by Crippen LogP contribution is -2.08. The minimum Gasteiger partial charge on any atom is -0.496 e. The zero-order valence-corrected chi connectivity index (χ0v) is 10.1. The van der Waals surface area contributed by atoms with Crippen LogP contribution < -0.4 is 10.5 Å². The Kier molecular flexibility index (Phi) is 4.15. The molecule has 0 saturated heterocycles. The summed E-state index contributed by atoms with van der Waals surface area (Å²) in [7, 11) is 1.68. The third-order valence-electron chi connectivity index (χ3n) is 2.93. The van der Waals surface area contributed by atoms with E-state index < -0.39 is 0 Å². The van der Waals surface area contributed by atoms with Crippen LogP contribution in [0.5, 0.6) is 5.75 Å². The van der Waals surface area contributed by atoms with Crippen LogP contribution in [0.2, 0.25) is 0 Å². The van der Waals surface area contributed by atoms with Crippen LogP contribution in [-0.4, -0.2) is 7.11 Å². The van der Waals surface area contributed by atoms with Gasteiger partial charge in [0.1, 0.15) is 5.75 Å². The normalized spacial score (nSPS) is 14.7. The van der Waals surface area contributed by atoms with E-state index in [2.05, 4.69) is 26.0 Å². The van der Waals surface area contributed by atoms with Crippen LogP contribution in [0, 0.1) is 0 Å². The van der Waals surface area contributed by atoms with Gasteiger partial charge in [-0.15, -0.1) is 0 Å². The second kappa shape index (κ2) is 5.17. The van der Waals surface area contributed by atoms with E-state index in [1.807, 2.05) is 13.0 Å². The Morgan fingerprint density at radius 2 is 2.00 bits per heavy atom. The van der Waals surface area contributed by atoms with Crippen molar-refractivity contribution >= 4 is 0 Å². The van der Waals surface area contributed by atoms with Gasteiger partial charge in [-0.2, -0.15) is 0 Å². The molecule has 0 amide bonds. The smallest absolute Gasteiger partial charge is 0.123 e. The van der Waals surface area contributed by atoms with Crippen molar-refractivity contribution in [3.63, 3.8) is 0 Å². The maximum atomic E-state index is 5.92. The Bertz CT molecular complexity index is 320. The molecule has 2 nitrogen and oxygen atoms in total. The van der Waals surface area contributed by atoms with Crippen LogP contribution in [0.4, 0.5) is 0 Å². The van der Waals surface area contributed by atoms with Gasteiger partial charge < -0.3 is 10.5 Å². The van der Waals surface area contributed by atoms with Crippen molar-refractivity contribution < 1.29 is 4.74 Å². The SMILES string of the molecule is CCC(C)c1ccc(OC)c(C(C)N)c1. The highest BCUT2D eigenvalue weighted by Gasteiger charge is 2.10. The maximum absolute atomic E-state index is 5.92. The van der Waals surface area contributed by atoms with Gasteiger partial charge in [-0.3, -0.25) is 0 Å². The number of rotatable bonds is 4. The van der Waals surface area contributed by atoms with E-state index in [0.29, 0.717) is 5.92 Å². The Morgan fingerprint density at radius 3 is 2.47 bits per heavy atom. The number of methoxy groups -OCH3 is 1. The summed E-state index contributed by atoms with van der Waals surface area (Å²) in [6.07, 6.45) is 1.14. The Labute approximate surface area is 92.4 Å². The van der Waals surface area contributed by atoms with Gasteiger partial charge in [0.2, 0.25) is 0 Å². The monoisotopic (exact) mass is 207 g/mol. The Hall–Kier alpha value is -1.02. The van der Waals surface area contributed by atoms with Crippen LogP contribution in [-0.2, 0) is 0 Å². The third kappa shape index (κ3) is 2.72. The van der Waals surface area contributed by atoms with Crippen LogP contribution >= 0.6 is 0 Å². The second-order valence-electron chi connectivity index (χ2n) is 4.10. The van der Waals surface area contributed by atoms with Crippen LogP contribution in [0.3, 0.4) is 0 Å². The molecule has 2 unspecified atom stereocenters. The maximum Gasteiger partial charge on any atom is 0.123 e. The molecule has 2 N–H and O–H groups in total. The third-order valence-corrected chi connectivity index (χ3v) is 2.93. The molecule has 0 aliphatic rings. The first kappa shape index (κ1) is 12.1. The average molecular weight is 207 g/mol. The summed E-state index contributed by atoms with van der Waals surface area (Å²) in [5.74, 6) is 1.46. The molecular weight excluding hydrogens is 186 g/mol. The summed E-state index contributed by atoms with van der Waals surface area (Å²) in [6, 6.07) is 6.32. The van der Waals surface area contributed by atoms with E-state index in [4.69, 9.17) is 10.5 Å². The number of nitrogens with two attached hydrogens (primary N) is 1. The first-order chi connectivity index (χ1) is 7.10. The number of hydrogen-bond acceptors (Lipinski definition) is 2. The summed E-state index contributed by atoms with van der Waals surface area (Å²) in [5.41, 5.74) is 8.35. The molecule has 15 heavy (non-hydrogen) atoms. The highest BCUT2D eigenvalue weighted by atomic mass is 16.5. The van der Waals surface area contributed by atoms with Crippen LogP contribution in [0.15, 0.2) is 18.2 Å². The highest BCUT2D eigenvalue weighted by molar-refractivity contribution is 5.40. The molecule has 0 fully saturated rings. The lowest BCUT2D eigenvalue weighted by molar-refractivity contribution is 0.406. The van der Waals surface area contributed by atoms with Gasteiger partial charge in [-0.25, -0.2) is 0 Å².